The first kappa shape index (κ1) is 17.9. The average Bonchev–Trinajstić information content (AvgIpc) is 3.20. The molecule has 1 N–H and O–H groups in total. The lowest BCUT2D eigenvalue weighted by Crippen LogP contribution is -2.42. The first-order valence-electron chi connectivity index (χ1n) is 8.27. The van der Waals surface area contributed by atoms with Crippen molar-refractivity contribution in [2.45, 2.75) is 51.6 Å². The van der Waals surface area contributed by atoms with Crippen molar-refractivity contribution in [1.29, 1.82) is 0 Å². The molecule has 2 rings (SSSR count). The number of carbonyl (C=O) groups is 2. The van der Waals surface area contributed by atoms with Gasteiger partial charge in [0.25, 0.3) is 0 Å². The van der Waals surface area contributed by atoms with Crippen molar-refractivity contribution in [2.75, 3.05) is 25.0 Å². The van der Waals surface area contributed by atoms with Crippen LogP contribution in [0.4, 0.5) is 5.13 Å². The summed E-state index contributed by atoms with van der Waals surface area (Å²) in [6, 6.07) is 0. The Morgan fingerprint density at radius 2 is 2.35 bits per heavy atom. The van der Waals surface area contributed by atoms with Gasteiger partial charge in [0.2, 0.25) is 11.8 Å². The van der Waals surface area contributed by atoms with Gasteiger partial charge >= 0.3 is 0 Å². The lowest BCUT2D eigenvalue weighted by molar-refractivity contribution is -0.136. The third kappa shape index (κ3) is 6.27. The molecule has 23 heavy (non-hydrogen) atoms. The Morgan fingerprint density at radius 3 is 3.00 bits per heavy atom. The third-order valence-corrected chi connectivity index (χ3v) is 4.50. The van der Waals surface area contributed by atoms with Gasteiger partial charge in [0, 0.05) is 31.1 Å². The molecule has 0 spiro atoms. The first-order chi connectivity index (χ1) is 11.2. The summed E-state index contributed by atoms with van der Waals surface area (Å²) in [5.74, 6) is -0.176. The van der Waals surface area contributed by atoms with Crippen LogP contribution in [-0.2, 0) is 14.3 Å². The molecule has 1 unspecified atom stereocenters. The van der Waals surface area contributed by atoms with Crippen LogP contribution in [0.3, 0.4) is 0 Å². The standard InChI is InChI=1S/C16H25N3O3S/c1-2-3-4-7-15(21)19(11-13-6-5-9-22-13)12-14(20)18-16-17-8-10-23-16/h8,10,13H,2-7,9,11-12H2,1H3,(H,17,18,20). The molecular formula is C16H25N3O3S. The zero-order chi connectivity index (χ0) is 16.5. The van der Waals surface area contributed by atoms with Gasteiger partial charge in [-0.3, -0.25) is 9.59 Å². The second kappa shape index (κ2) is 9.62. The van der Waals surface area contributed by atoms with E-state index >= 15 is 0 Å². The van der Waals surface area contributed by atoms with Crippen LogP contribution in [0.1, 0.15) is 45.4 Å². The van der Waals surface area contributed by atoms with Crippen molar-refractivity contribution in [3.05, 3.63) is 11.6 Å². The van der Waals surface area contributed by atoms with Gasteiger partial charge in [-0.1, -0.05) is 19.8 Å². The number of unbranched alkanes of at least 4 members (excludes halogenated alkanes) is 2. The van der Waals surface area contributed by atoms with Crippen molar-refractivity contribution in [3.8, 4) is 0 Å². The van der Waals surface area contributed by atoms with Crippen LogP contribution in [0.15, 0.2) is 11.6 Å². The summed E-state index contributed by atoms with van der Waals surface area (Å²) in [7, 11) is 0. The normalized spacial score (nSPS) is 17.2. The zero-order valence-electron chi connectivity index (χ0n) is 13.6. The summed E-state index contributed by atoms with van der Waals surface area (Å²) < 4.78 is 5.61. The van der Waals surface area contributed by atoms with E-state index in [0.717, 1.165) is 38.7 Å². The number of hydrogen-bond acceptors (Lipinski definition) is 5. The van der Waals surface area contributed by atoms with E-state index in [9.17, 15) is 9.59 Å². The van der Waals surface area contributed by atoms with Crippen LogP contribution in [-0.4, -0.2) is 47.5 Å². The number of ether oxygens (including phenoxy) is 1. The SMILES string of the molecule is CCCCCC(=O)N(CC(=O)Nc1nccs1)CC1CCCO1. The molecule has 0 bridgehead atoms. The van der Waals surface area contributed by atoms with E-state index in [4.69, 9.17) is 4.74 Å². The molecule has 1 aromatic heterocycles. The largest absolute Gasteiger partial charge is 0.376 e. The quantitative estimate of drug-likeness (QED) is 0.702. The predicted octanol–water partition coefficient (Wildman–Crippen LogP) is 2.67. The van der Waals surface area contributed by atoms with E-state index in [-0.39, 0.29) is 24.5 Å². The highest BCUT2D eigenvalue weighted by atomic mass is 32.1. The van der Waals surface area contributed by atoms with Crippen LogP contribution in [0.5, 0.6) is 0 Å². The maximum atomic E-state index is 12.4. The first-order valence-corrected chi connectivity index (χ1v) is 9.15. The van der Waals surface area contributed by atoms with Crippen LogP contribution >= 0.6 is 11.3 Å². The van der Waals surface area contributed by atoms with E-state index < -0.39 is 0 Å². The number of thiazole rings is 1. The fourth-order valence-electron chi connectivity index (χ4n) is 2.59. The Bertz CT molecular complexity index is 487. The van der Waals surface area contributed by atoms with Gasteiger partial charge in [0.1, 0.15) is 6.54 Å². The maximum absolute atomic E-state index is 12.4. The number of anilines is 1. The Labute approximate surface area is 141 Å². The van der Waals surface area contributed by atoms with Crippen molar-refractivity contribution < 1.29 is 14.3 Å². The Balaban J connectivity index is 1.88. The molecule has 2 amide bonds. The number of nitrogens with one attached hydrogen (secondary N) is 1. The molecule has 7 heteroatoms. The molecule has 6 nitrogen and oxygen atoms in total. The third-order valence-electron chi connectivity index (χ3n) is 3.81. The summed E-state index contributed by atoms with van der Waals surface area (Å²) in [5, 5.41) is 5.10. The number of carbonyl (C=O) groups excluding carboxylic acids is 2. The van der Waals surface area contributed by atoms with Crippen molar-refractivity contribution in [2.24, 2.45) is 0 Å². The topological polar surface area (TPSA) is 71.5 Å². The predicted molar refractivity (Wildman–Crippen MR) is 90.4 cm³/mol. The van der Waals surface area contributed by atoms with Crippen molar-refractivity contribution in [1.82, 2.24) is 9.88 Å². The summed E-state index contributed by atoms with van der Waals surface area (Å²) >= 11 is 1.37. The molecule has 1 atom stereocenters. The fourth-order valence-corrected chi connectivity index (χ4v) is 3.14. The Hall–Kier alpha value is -1.47. The number of aromatic nitrogens is 1. The minimum Gasteiger partial charge on any atom is -0.376 e. The molecule has 1 fully saturated rings. The number of nitrogens with zero attached hydrogens (tertiary/aromatic N) is 2. The van der Waals surface area contributed by atoms with E-state index in [0.29, 0.717) is 18.1 Å². The van der Waals surface area contributed by atoms with Gasteiger partial charge in [0.05, 0.1) is 6.10 Å². The Kier molecular flexibility index (Phi) is 7.48. The van der Waals surface area contributed by atoms with Crippen molar-refractivity contribution in [3.63, 3.8) is 0 Å². The fraction of sp³-hybridized carbons (Fsp3) is 0.688. The second-order valence-electron chi connectivity index (χ2n) is 5.75. The molecule has 128 valence electrons. The summed E-state index contributed by atoms with van der Waals surface area (Å²) in [6.07, 6.45) is 7.13. The molecule has 2 heterocycles. The zero-order valence-corrected chi connectivity index (χ0v) is 14.4. The van der Waals surface area contributed by atoms with Gasteiger partial charge in [-0.15, -0.1) is 11.3 Å². The molecule has 1 saturated heterocycles. The highest BCUT2D eigenvalue weighted by Crippen LogP contribution is 2.15. The minimum atomic E-state index is -0.207. The lowest BCUT2D eigenvalue weighted by atomic mass is 10.1. The van der Waals surface area contributed by atoms with Gasteiger partial charge in [0.15, 0.2) is 5.13 Å². The maximum Gasteiger partial charge on any atom is 0.245 e. The molecule has 1 aromatic rings. The average molecular weight is 339 g/mol. The highest BCUT2D eigenvalue weighted by Gasteiger charge is 2.24. The molecular weight excluding hydrogens is 314 g/mol. The van der Waals surface area contributed by atoms with Crippen LogP contribution in [0.25, 0.3) is 0 Å². The molecule has 0 saturated carbocycles. The number of amides is 2. The van der Waals surface area contributed by atoms with Gasteiger partial charge in [-0.2, -0.15) is 0 Å². The number of rotatable bonds is 9. The molecule has 0 aromatic carbocycles. The Morgan fingerprint density at radius 1 is 1.48 bits per heavy atom. The van der Waals surface area contributed by atoms with Crippen LogP contribution in [0, 0.1) is 0 Å². The van der Waals surface area contributed by atoms with Gasteiger partial charge in [-0.25, -0.2) is 4.98 Å². The van der Waals surface area contributed by atoms with Crippen LogP contribution < -0.4 is 5.32 Å². The second-order valence-corrected chi connectivity index (χ2v) is 6.65. The minimum absolute atomic E-state index is 0.0308. The van der Waals surface area contributed by atoms with Crippen molar-refractivity contribution >= 4 is 28.3 Å². The van der Waals surface area contributed by atoms with Crippen LogP contribution in [0.2, 0.25) is 0 Å². The summed E-state index contributed by atoms with van der Waals surface area (Å²) in [4.78, 5) is 30.2. The smallest absolute Gasteiger partial charge is 0.245 e. The molecule has 1 aliphatic rings. The number of hydrogen-bond donors (Lipinski definition) is 1. The molecule has 0 aliphatic carbocycles. The van der Waals surface area contributed by atoms with E-state index in [1.54, 1.807) is 16.5 Å². The van der Waals surface area contributed by atoms with Gasteiger partial charge in [-0.05, 0) is 19.3 Å². The summed E-state index contributed by atoms with van der Waals surface area (Å²) in [6.45, 7) is 3.41. The lowest BCUT2D eigenvalue weighted by Gasteiger charge is -2.25. The highest BCUT2D eigenvalue weighted by molar-refractivity contribution is 7.13. The van der Waals surface area contributed by atoms with E-state index in [2.05, 4.69) is 17.2 Å². The molecule has 1 aliphatic heterocycles. The molecule has 0 radical (unpaired) electrons. The van der Waals surface area contributed by atoms with E-state index in [1.807, 2.05) is 0 Å². The monoisotopic (exact) mass is 339 g/mol. The van der Waals surface area contributed by atoms with E-state index in [1.165, 1.54) is 11.3 Å². The summed E-state index contributed by atoms with van der Waals surface area (Å²) in [5.41, 5.74) is 0. The van der Waals surface area contributed by atoms with Gasteiger partial charge < -0.3 is 15.0 Å².